The fraction of sp³-hybridized carbons (Fsp3) is 0.412. The van der Waals surface area contributed by atoms with Gasteiger partial charge in [0.05, 0.1) is 11.5 Å². The molecule has 0 spiro atoms. The van der Waals surface area contributed by atoms with E-state index in [0.29, 0.717) is 18.7 Å². The standard InChI is InChI=1S/C17H21N3O3/c1-6-9-12-15(21)20(16(22)19(12)10-7-2)14-11-13(23-18-14)17(4,5)8-3/h3,6-7,11-12,15,21H,1-2,9-10H2,4-5H3. The van der Waals surface area contributed by atoms with Gasteiger partial charge < -0.3 is 14.5 Å². The van der Waals surface area contributed by atoms with Crippen LogP contribution in [0.3, 0.4) is 0 Å². The van der Waals surface area contributed by atoms with Crippen LogP contribution in [0.15, 0.2) is 35.9 Å². The predicted octanol–water partition coefficient (Wildman–Crippen LogP) is 2.28. The third kappa shape index (κ3) is 2.88. The van der Waals surface area contributed by atoms with Crippen molar-refractivity contribution >= 4 is 11.8 Å². The van der Waals surface area contributed by atoms with Crippen molar-refractivity contribution in [1.29, 1.82) is 0 Å². The molecule has 1 aliphatic rings. The van der Waals surface area contributed by atoms with Gasteiger partial charge in [0.2, 0.25) is 0 Å². The molecule has 1 aliphatic heterocycles. The maximum Gasteiger partial charge on any atom is 0.328 e. The summed E-state index contributed by atoms with van der Waals surface area (Å²) in [5, 5.41) is 14.4. The van der Waals surface area contributed by atoms with Gasteiger partial charge in [-0.3, -0.25) is 0 Å². The minimum absolute atomic E-state index is 0.237. The van der Waals surface area contributed by atoms with Crippen LogP contribution in [0.2, 0.25) is 0 Å². The van der Waals surface area contributed by atoms with Crippen molar-refractivity contribution in [3.8, 4) is 12.3 Å². The van der Waals surface area contributed by atoms with E-state index in [4.69, 9.17) is 10.9 Å². The van der Waals surface area contributed by atoms with Gasteiger partial charge in [0.1, 0.15) is 0 Å². The van der Waals surface area contributed by atoms with Crippen molar-refractivity contribution in [3.05, 3.63) is 37.1 Å². The lowest BCUT2D eigenvalue weighted by molar-refractivity contribution is 0.124. The molecule has 1 saturated heterocycles. The Bertz CT molecular complexity index is 656. The van der Waals surface area contributed by atoms with Crippen LogP contribution in [-0.2, 0) is 5.41 Å². The van der Waals surface area contributed by atoms with Crippen molar-refractivity contribution in [3.63, 3.8) is 0 Å². The van der Waals surface area contributed by atoms with Gasteiger partial charge in [-0.05, 0) is 20.3 Å². The van der Waals surface area contributed by atoms with Crippen molar-refractivity contribution in [1.82, 2.24) is 10.1 Å². The molecule has 2 amide bonds. The highest BCUT2D eigenvalue weighted by molar-refractivity contribution is 5.94. The number of aliphatic hydroxyl groups is 1. The lowest BCUT2D eigenvalue weighted by atomic mass is 9.92. The Hall–Kier alpha value is -2.52. The van der Waals surface area contributed by atoms with Gasteiger partial charge in [0, 0.05) is 12.6 Å². The number of terminal acetylenes is 1. The second-order valence-electron chi connectivity index (χ2n) is 5.92. The molecule has 0 saturated carbocycles. The van der Waals surface area contributed by atoms with Crippen LogP contribution in [0, 0.1) is 12.3 Å². The van der Waals surface area contributed by atoms with Crippen molar-refractivity contribution in [2.45, 2.75) is 38.0 Å². The third-order valence-corrected chi connectivity index (χ3v) is 3.92. The first-order chi connectivity index (χ1) is 10.9. The van der Waals surface area contributed by atoms with E-state index in [1.807, 2.05) is 13.8 Å². The number of carbonyl (C=O) groups excluding carboxylic acids is 1. The lowest BCUT2D eigenvalue weighted by Crippen LogP contribution is -2.37. The smallest absolute Gasteiger partial charge is 0.328 e. The minimum Gasteiger partial charge on any atom is -0.371 e. The molecule has 2 unspecified atom stereocenters. The zero-order valence-corrected chi connectivity index (χ0v) is 13.4. The molecular formula is C17H21N3O3. The molecule has 0 aromatic carbocycles. The van der Waals surface area contributed by atoms with Gasteiger partial charge >= 0.3 is 6.03 Å². The Morgan fingerprint density at radius 2 is 2.22 bits per heavy atom. The van der Waals surface area contributed by atoms with Gasteiger partial charge in [0.25, 0.3) is 0 Å². The molecule has 2 rings (SSSR count). The monoisotopic (exact) mass is 315 g/mol. The van der Waals surface area contributed by atoms with E-state index in [-0.39, 0.29) is 11.8 Å². The number of urea groups is 1. The van der Waals surface area contributed by atoms with E-state index in [2.05, 4.69) is 24.2 Å². The summed E-state index contributed by atoms with van der Waals surface area (Å²) < 4.78 is 5.26. The SMILES string of the molecule is C#CC(C)(C)c1cc(N2C(=O)N(CC=C)C(CC=C)C2O)no1. The van der Waals surface area contributed by atoms with E-state index >= 15 is 0 Å². The molecule has 122 valence electrons. The molecule has 0 bridgehead atoms. The molecule has 2 heterocycles. The van der Waals surface area contributed by atoms with E-state index in [9.17, 15) is 9.90 Å². The number of hydrogen-bond acceptors (Lipinski definition) is 4. The second kappa shape index (κ2) is 6.31. The molecule has 0 aliphatic carbocycles. The minimum atomic E-state index is -1.05. The summed E-state index contributed by atoms with van der Waals surface area (Å²) in [5.74, 6) is 3.30. The molecule has 1 N–H and O–H groups in total. The van der Waals surface area contributed by atoms with Crippen molar-refractivity contribution in [2.75, 3.05) is 11.4 Å². The Balaban J connectivity index is 2.36. The number of nitrogens with zero attached hydrogens (tertiary/aromatic N) is 3. The van der Waals surface area contributed by atoms with Crippen LogP contribution in [-0.4, -0.2) is 40.0 Å². The van der Waals surface area contributed by atoms with E-state index < -0.39 is 17.7 Å². The average molecular weight is 315 g/mol. The number of aliphatic hydroxyl groups excluding tert-OH is 1. The normalized spacial score (nSPS) is 21.4. The maximum absolute atomic E-state index is 12.6. The Kier molecular flexibility index (Phi) is 4.62. The number of carbonyl (C=O) groups is 1. The van der Waals surface area contributed by atoms with Crippen molar-refractivity contribution < 1.29 is 14.4 Å². The zero-order valence-electron chi connectivity index (χ0n) is 13.4. The highest BCUT2D eigenvalue weighted by atomic mass is 16.5. The molecule has 23 heavy (non-hydrogen) atoms. The maximum atomic E-state index is 12.6. The molecule has 6 nitrogen and oxygen atoms in total. The van der Waals surface area contributed by atoms with Gasteiger partial charge in [-0.2, -0.15) is 0 Å². The number of hydrogen-bond donors (Lipinski definition) is 1. The summed E-state index contributed by atoms with van der Waals surface area (Å²) in [5.41, 5.74) is -0.652. The van der Waals surface area contributed by atoms with Crippen LogP contribution >= 0.6 is 0 Å². The molecular weight excluding hydrogens is 294 g/mol. The molecule has 6 heteroatoms. The Morgan fingerprint density at radius 1 is 1.52 bits per heavy atom. The summed E-state index contributed by atoms with van der Waals surface area (Å²) >= 11 is 0. The first-order valence-corrected chi connectivity index (χ1v) is 7.32. The molecule has 1 fully saturated rings. The fourth-order valence-electron chi connectivity index (χ4n) is 2.48. The summed E-state index contributed by atoms with van der Waals surface area (Å²) in [4.78, 5) is 15.3. The molecule has 1 aromatic heterocycles. The highest BCUT2D eigenvalue weighted by Crippen LogP contribution is 2.32. The largest absolute Gasteiger partial charge is 0.371 e. The second-order valence-corrected chi connectivity index (χ2v) is 5.92. The van der Waals surface area contributed by atoms with E-state index in [1.54, 1.807) is 18.2 Å². The fourth-order valence-corrected chi connectivity index (χ4v) is 2.48. The molecule has 1 aromatic rings. The molecule has 0 radical (unpaired) electrons. The van der Waals surface area contributed by atoms with Crippen molar-refractivity contribution in [2.24, 2.45) is 0 Å². The predicted molar refractivity (Wildman–Crippen MR) is 87.7 cm³/mol. The van der Waals surface area contributed by atoms with Gasteiger partial charge in [-0.1, -0.05) is 23.2 Å². The number of aromatic nitrogens is 1. The van der Waals surface area contributed by atoms with Crippen LogP contribution in [0.1, 0.15) is 26.0 Å². The van der Waals surface area contributed by atoms with Crippen LogP contribution in [0.5, 0.6) is 0 Å². The van der Waals surface area contributed by atoms with Crippen LogP contribution < -0.4 is 4.90 Å². The lowest BCUT2D eigenvalue weighted by Gasteiger charge is -2.21. The van der Waals surface area contributed by atoms with Crippen LogP contribution in [0.25, 0.3) is 0 Å². The van der Waals surface area contributed by atoms with E-state index in [1.165, 1.54) is 9.80 Å². The average Bonchev–Trinajstić information content (AvgIpc) is 3.08. The van der Waals surface area contributed by atoms with Gasteiger partial charge in [-0.25, -0.2) is 9.69 Å². The summed E-state index contributed by atoms with van der Waals surface area (Å²) in [6, 6.07) is 0.810. The number of rotatable bonds is 6. The zero-order chi connectivity index (χ0) is 17.2. The first-order valence-electron chi connectivity index (χ1n) is 7.32. The quantitative estimate of drug-likeness (QED) is 0.646. The van der Waals surface area contributed by atoms with Crippen LogP contribution in [0.4, 0.5) is 10.6 Å². The summed E-state index contributed by atoms with van der Waals surface area (Å²) in [6.07, 6.45) is 8.16. The van der Waals surface area contributed by atoms with E-state index in [0.717, 1.165) is 0 Å². The van der Waals surface area contributed by atoms with Gasteiger partial charge in [-0.15, -0.1) is 19.6 Å². The Labute approximate surface area is 136 Å². The third-order valence-electron chi connectivity index (χ3n) is 3.92. The molecule has 2 atom stereocenters. The Morgan fingerprint density at radius 3 is 2.78 bits per heavy atom. The topological polar surface area (TPSA) is 69.8 Å². The summed E-state index contributed by atoms with van der Waals surface area (Å²) in [6.45, 7) is 11.3. The van der Waals surface area contributed by atoms with Gasteiger partial charge in [0.15, 0.2) is 17.8 Å². The summed E-state index contributed by atoms with van der Waals surface area (Å²) in [7, 11) is 0. The number of anilines is 1. The first kappa shape index (κ1) is 16.8. The highest BCUT2D eigenvalue weighted by Gasteiger charge is 2.46. The number of amides is 2.